The van der Waals surface area contributed by atoms with Crippen molar-refractivity contribution in [1.82, 2.24) is 10.2 Å². The van der Waals surface area contributed by atoms with E-state index in [9.17, 15) is 4.79 Å². The number of hydrogen-bond donors (Lipinski definition) is 1. The molecule has 1 N–H and O–H groups in total. The number of benzene rings is 4. The van der Waals surface area contributed by atoms with Gasteiger partial charge in [-0.2, -0.15) is 0 Å². The summed E-state index contributed by atoms with van der Waals surface area (Å²) in [6.07, 6.45) is 0.877. The normalized spacial score (nSPS) is 17.8. The summed E-state index contributed by atoms with van der Waals surface area (Å²) in [5.74, 6) is 1.14. The molecule has 5 rings (SSSR count). The topological polar surface area (TPSA) is 41.6 Å². The van der Waals surface area contributed by atoms with Gasteiger partial charge in [-0.05, 0) is 59.9 Å². The van der Waals surface area contributed by atoms with E-state index in [1.165, 1.54) is 21.9 Å². The van der Waals surface area contributed by atoms with E-state index in [-0.39, 0.29) is 24.0 Å². The fourth-order valence-electron chi connectivity index (χ4n) is 5.31. The monoisotopic (exact) mass is 478 g/mol. The lowest BCUT2D eigenvalue weighted by atomic mass is 9.83. The second-order valence-corrected chi connectivity index (χ2v) is 10.0. The van der Waals surface area contributed by atoms with Gasteiger partial charge < -0.3 is 15.0 Å². The van der Waals surface area contributed by atoms with E-state index in [0.717, 1.165) is 35.4 Å². The Labute approximate surface area is 213 Å². The van der Waals surface area contributed by atoms with Crippen LogP contribution in [0.25, 0.3) is 10.8 Å². The molecule has 0 saturated carbocycles. The zero-order valence-corrected chi connectivity index (χ0v) is 21.5. The van der Waals surface area contributed by atoms with E-state index in [0.29, 0.717) is 0 Å². The molecule has 3 unspecified atom stereocenters. The summed E-state index contributed by atoms with van der Waals surface area (Å²) >= 11 is 0. The Bertz CT molecular complexity index is 1390. The Morgan fingerprint density at radius 2 is 1.75 bits per heavy atom. The number of aryl methyl sites for hydroxylation is 1. The summed E-state index contributed by atoms with van der Waals surface area (Å²) in [4.78, 5) is 14.5. The van der Waals surface area contributed by atoms with E-state index < -0.39 is 0 Å². The number of carbonyl (C=O) groups is 1. The maximum atomic E-state index is 12.8. The quantitative estimate of drug-likeness (QED) is 0.345. The van der Waals surface area contributed by atoms with Gasteiger partial charge in [0.1, 0.15) is 11.9 Å². The molecule has 0 aromatic heterocycles. The molecule has 4 nitrogen and oxygen atoms in total. The molecule has 0 aliphatic carbocycles. The van der Waals surface area contributed by atoms with Crippen LogP contribution in [-0.2, 0) is 0 Å². The van der Waals surface area contributed by atoms with Crippen LogP contribution in [0, 0.1) is 6.92 Å². The van der Waals surface area contributed by atoms with Crippen LogP contribution in [0.3, 0.4) is 0 Å². The van der Waals surface area contributed by atoms with Crippen molar-refractivity contribution in [3.63, 3.8) is 0 Å². The summed E-state index contributed by atoms with van der Waals surface area (Å²) in [6.45, 7) is 4.96. The number of carbonyl (C=O) groups excluding carboxylic acids is 1. The molecule has 0 radical (unpaired) electrons. The maximum absolute atomic E-state index is 12.8. The summed E-state index contributed by atoms with van der Waals surface area (Å²) in [5, 5.41) is 6.27. The number of nitrogens with zero attached hydrogens (tertiary/aromatic N) is 1. The average molecular weight is 479 g/mol. The lowest BCUT2D eigenvalue weighted by Gasteiger charge is -2.34. The molecule has 1 aliphatic rings. The summed E-state index contributed by atoms with van der Waals surface area (Å²) < 4.78 is 6.46. The Kier molecular flexibility index (Phi) is 6.80. The number of amides is 1. The van der Waals surface area contributed by atoms with Crippen molar-refractivity contribution < 1.29 is 9.53 Å². The average Bonchev–Trinajstić information content (AvgIpc) is 2.90. The number of hydrogen-bond acceptors (Lipinski definition) is 3. The van der Waals surface area contributed by atoms with Crippen LogP contribution in [0.15, 0.2) is 84.9 Å². The highest BCUT2D eigenvalue weighted by Gasteiger charge is 2.30. The molecule has 0 fully saturated rings. The molecule has 4 aromatic carbocycles. The minimum absolute atomic E-state index is 0.0247. The molecule has 36 heavy (non-hydrogen) atoms. The first-order valence-corrected chi connectivity index (χ1v) is 12.7. The molecule has 4 aromatic rings. The van der Waals surface area contributed by atoms with Crippen molar-refractivity contribution in [3.8, 4) is 5.75 Å². The zero-order valence-electron chi connectivity index (χ0n) is 21.5. The zero-order chi connectivity index (χ0) is 25.2. The molecule has 4 heteroatoms. The second-order valence-electron chi connectivity index (χ2n) is 10.0. The molecule has 3 atom stereocenters. The standard InChI is InChI=1S/C32H34N2O2/c1-21-16-17-24(18-29(21)32(35)34(3)4)30-19-25(36-31-15-8-7-13-28(30)31)20-33-22(2)26-14-9-11-23-10-5-6-12-27(23)26/h5-18,22,25,30,33H,19-20H2,1-4H3. The van der Waals surface area contributed by atoms with E-state index in [4.69, 9.17) is 4.74 Å². The van der Waals surface area contributed by atoms with Gasteiger partial charge >= 0.3 is 0 Å². The Morgan fingerprint density at radius 3 is 2.58 bits per heavy atom. The van der Waals surface area contributed by atoms with Crippen LogP contribution in [0.5, 0.6) is 5.75 Å². The number of para-hydroxylation sites is 1. The summed E-state index contributed by atoms with van der Waals surface area (Å²) in [5.41, 5.74) is 5.41. The molecule has 0 saturated heterocycles. The molecule has 0 bridgehead atoms. The first kappa shape index (κ1) is 24.1. The highest BCUT2D eigenvalue weighted by Crippen LogP contribution is 2.41. The van der Waals surface area contributed by atoms with Crippen LogP contribution in [-0.4, -0.2) is 37.6 Å². The van der Waals surface area contributed by atoms with Crippen molar-refractivity contribution in [2.24, 2.45) is 0 Å². The minimum Gasteiger partial charge on any atom is -0.489 e. The number of fused-ring (bicyclic) bond motifs is 2. The molecule has 0 spiro atoms. The van der Waals surface area contributed by atoms with Gasteiger partial charge in [0, 0.05) is 43.7 Å². The Balaban J connectivity index is 1.39. The predicted molar refractivity (Wildman–Crippen MR) is 147 cm³/mol. The van der Waals surface area contributed by atoms with Crippen molar-refractivity contribution in [2.45, 2.75) is 38.3 Å². The molecule has 1 aliphatic heterocycles. The maximum Gasteiger partial charge on any atom is 0.253 e. The highest BCUT2D eigenvalue weighted by molar-refractivity contribution is 5.95. The first-order valence-electron chi connectivity index (χ1n) is 12.7. The lowest BCUT2D eigenvalue weighted by Crippen LogP contribution is -2.37. The van der Waals surface area contributed by atoms with Crippen LogP contribution >= 0.6 is 0 Å². The third-order valence-electron chi connectivity index (χ3n) is 7.33. The van der Waals surface area contributed by atoms with Crippen molar-refractivity contribution in [2.75, 3.05) is 20.6 Å². The van der Waals surface area contributed by atoms with Gasteiger partial charge in [-0.25, -0.2) is 0 Å². The van der Waals surface area contributed by atoms with Gasteiger partial charge in [0.2, 0.25) is 0 Å². The fourth-order valence-corrected chi connectivity index (χ4v) is 5.31. The summed E-state index contributed by atoms with van der Waals surface area (Å²) in [7, 11) is 3.61. The van der Waals surface area contributed by atoms with E-state index in [2.05, 4.69) is 91.1 Å². The van der Waals surface area contributed by atoms with Gasteiger partial charge in [-0.15, -0.1) is 0 Å². The molecular formula is C32H34N2O2. The smallest absolute Gasteiger partial charge is 0.253 e. The van der Waals surface area contributed by atoms with E-state index in [1.54, 1.807) is 19.0 Å². The van der Waals surface area contributed by atoms with Crippen molar-refractivity contribution >= 4 is 16.7 Å². The fraction of sp³-hybridized carbons (Fsp3) is 0.281. The van der Waals surface area contributed by atoms with Gasteiger partial charge in [0.15, 0.2) is 0 Å². The third-order valence-corrected chi connectivity index (χ3v) is 7.33. The van der Waals surface area contributed by atoms with Crippen LogP contribution in [0.2, 0.25) is 0 Å². The van der Waals surface area contributed by atoms with Gasteiger partial charge in [0.05, 0.1) is 0 Å². The number of ether oxygens (including phenoxy) is 1. The van der Waals surface area contributed by atoms with Gasteiger partial charge in [-0.1, -0.05) is 72.8 Å². The van der Waals surface area contributed by atoms with Crippen molar-refractivity contribution in [1.29, 1.82) is 0 Å². The molecule has 1 amide bonds. The van der Waals surface area contributed by atoms with Gasteiger partial charge in [0.25, 0.3) is 5.91 Å². The third kappa shape index (κ3) is 4.74. The lowest BCUT2D eigenvalue weighted by molar-refractivity contribution is 0.0826. The highest BCUT2D eigenvalue weighted by atomic mass is 16.5. The van der Waals surface area contributed by atoms with Crippen LogP contribution in [0.1, 0.15) is 57.9 Å². The molecule has 1 heterocycles. The van der Waals surface area contributed by atoms with Crippen molar-refractivity contribution in [3.05, 3.63) is 113 Å². The van der Waals surface area contributed by atoms with E-state index >= 15 is 0 Å². The second kappa shape index (κ2) is 10.2. The first-order chi connectivity index (χ1) is 17.4. The predicted octanol–water partition coefficient (Wildman–Crippen LogP) is 6.48. The largest absolute Gasteiger partial charge is 0.489 e. The number of nitrogens with one attached hydrogen (secondary N) is 1. The minimum atomic E-state index is 0.0247. The van der Waals surface area contributed by atoms with Gasteiger partial charge in [-0.3, -0.25) is 4.79 Å². The molecule has 184 valence electrons. The number of rotatable bonds is 6. The summed E-state index contributed by atoms with van der Waals surface area (Å²) in [6, 6.07) is 29.8. The Morgan fingerprint density at radius 1 is 1.00 bits per heavy atom. The van der Waals surface area contributed by atoms with Crippen LogP contribution in [0.4, 0.5) is 0 Å². The Hall–Kier alpha value is -3.63. The SMILES string of the molecule is Cc1ccc(C2CC(CNC(C)c3cccc4ccccc34)Oc3ccccc32)cc1C(=O)N(C)C. The molecular weight excluding hydrogens is 444 g/mol. The van der Waals surface area contributed by atoms with Crippen LogP contribution < -0.4 is 10.1 Å². The van der Waals surface area contributed by atoms with E-state index in [1.807, 2.05) is 13.0 Å².